The second-order valence-corrected chi connectivity index (χ2v) is 8.81. The van der Waals surface area contributed by atoms with E-state index in [1.807, 2.05) is 0 Å². The summed E-state index contributed by atoms with van der Waals surface area (Å²) in [7, 11) is 0. The van der Waals surface area contributed by atoms with Crippen LogP contribution in [-0.2, 0) is 9.59 Å². The zero-order chi connectivity index (χ0) is 24.4. The summed E-state index contributed by atoms with van der Waals surface area (Å²) >= 11 is 12.9. The van der Waals surface area contributed by atoms with E-state index in [1.54, 1.807) is 36.4 Å². The number of amides is 3. The molecule has 2 aromatic carbocycles. The number of rotatable bonds is 6. The minimum atomic E-state index is -1.11. The van der Waals surface area contributed by atoms with Gasteiger partial charge in [0.2, 0.25) is 5.91 Å². The normalized spacial score (nSPS) is 14.6. The fourth-order valence-corrected chi connectivity index (χ4v) is 4.30. The highest BCUT2D eigenvalue weighted by Gasteiger charge is 2.36. The van der Waals surface area contributed by atoms with Crippen LogP contribution in [-0.4, -0.2) is 39.6 Å². The highest BCUT2D eigenvalue weighted by atomic mass is 35.5. The predicted octanol–water partition coefficient (Wildman–Crippen LogP) is 5.63. The lowest BCUT2D eigenvalue weighted by Crippen LogP contribution is -2.36. The molecular formula is C23H14Cl2N2O6S. The number of carboxylic acids is 1. The molecule has 1 fully saturated rings. The van der Waals surface area contributed by atoms with Gasteiger partial charge in [0.1, 0.15) is 18.1 Å². The van der Waals surface area contributed by atoms with Gasteiger partial charge < -0.3 is 14.8 Å². The van der Waals surface area contributed by atoms with Crippen LogP contribution in [0.25, 0.3) is 17.4 Å². The molecule has 8 nitrogen and oxygen atoms in total. The Morgan fingerprint density at radius 1 is 1.06 bits per heavy atom. The van der Waals surface area contributed by atoms with Crippen LogP contribution in [0.3, 0.4) is 0 Å². The van der Waals surface area contributed by atoms with Gasteiger partial charge in [-0.05, 0) is 54.2 Å². The third kappa shape index (κ3) is 5.01. The van der Waals surface area contributed by atoms with Crippen LogP contribution in [0.5, 0.6) is 0 Å². The van der Waals surface area contributed by atoms with Crippen molar-refractivity contribution < 1.29 is 28.7 Å². The van der Waals surface area contributed by atoms with Crippen molar-refractivity contribution in [2.75, 3.05) is 11.9 Å². The van der Waals surface area contributed by atoms with Crippen molar-refractivity contribution >= 4 is 69.8 Å². The van der Waals surface area contributed by atoms with E-state index in [-0.39, 0.29) is 27.0 Å². The first kappa shape index (κ1) is 23.6. The smallest absolute Gasteiger partial charge is 0.335 e. The van der Waals surface area contributed by atoms with Crippen LogP contribution in [0.4, 0.5) is 10.5 Å². The van der Waals surface area contributed by atoms with Gasteiger partial charge in [-0.15, -0.1) is 0 Å². The van der Waals surface area contributed by atoms with Gasteiger partial charge in [-0.25, -0.2) is 4.79 Å². The van der Waals surface area contributed by atoms with Crippen molar-refractivity contribution in [2.45, 2.75) is 0 Å². The number of nitrogens with one attached hydrogen (secondary N) is 1. The highest BCUT2D eigenvalue weighted by Crippen LogP contribution is 2.35. The van der Waals surface area contributed by atoms with E-state index in [9.17, 15) is 24.3 Å². The standard InChI is InChI=1S/C23H14Cl2N2O6S/c24-15-7-5-12(22(30)31)9-14(15)18-8-6-13(33-18)10-19-21(29)27(23(32)34-19)11-20(28)26-17-4-2-1-3-16(17)25/h1-10H,11H2,(H,26,28)(H,30,31)/b19-10+. The lowest BCUT2D eigenvalue weighted by molar-refractivity contribution is -0.127. The lowest BCUT2D eigenvalue weighted by Gasteiger charge is -2.13. The van der Waals surface area contributed by atoms with Crippen LogP contribution in [0.15, 0.2) is 63.9 Å². The van der Waals surface area contributed by atoms with Gasteiger partial charge in [0.15, 0.2) is 0 Å². The Morgan fingerprint density at radius 2 is 1.82 bits per heavy atom. The van der Waals surface area contributed by atoms with E-state index in [4.69, 9.17) is 27.6 Å². The van der Waals surface area contributed by atoms with E-state index >= 15 is 0 Å². The quantitative estimate of drug-likeness (QED) is 0.407. The number of nitrogens with zero attached hydrogens (tertiary/aromatic N) is 1. The molecule has 2 heterocycles. The maximum absolute atomic E-state index is 12.7. The summed E-state index contributed by atoms with van der Waals surface area (Å²) < 4.78 is 5.70. The predicted molar refractivity (Wildman–Crippen MR) is 129 cm³/mol. The third-order valence-electron chi connectivity index (χ3n) is 4.70. The first-order chi connectivity index (χ1) is 16.2. The Labute approximate surface area is 207 Å². The molecule has 4 rings (SSSR count). The van der Waals surface area contributed by atoms with Crippen molar-refractivity contribution in [1.82, 2.24) is 4.90 Å². The summed E-state index contributed by atoms with van der Waals surface area (Å²) in [5.41, 5.74) is 0.768. The molecule has 0 spiro atoms. The van der Waals surface area contributed by atoms with Crippen molar-refractivity contribution in [3.05, 3.63) is 80.9 Å². The van der Waals surface area contributed by atoms with Crippen molar-refractivity contribution in [3.63, 3.8) is 0 Å². The second-order valence-electron chi connectivity index (χ2n) is 7.00. The zero-order valence-corrected chi connectivity index (χ0v) is 19.4. The molecule has 3 amide bonds. The number of carboxylic acid groups (broad SMARTS) is 1. The van der Waals surface area contributed by atoms with Gasteiger partial charge in [-0.1, -0.05) is 35.3 Å². The van der Waals surface area contributed by atoms with Gasteiger partial charge in [0, 0.05) is 11.6 Å². The summed E-state index contributed by atoms with van der Waals surface area (Å²) in [5.74, 6) is -1.80. The minimum Gasteiger partial charge on any atom is -0.478 e. The summed E-state index contributed by atoms with van der Waals surface area (Å²) in [6.45, 7) is -0.478. The number of para-hydroxylation sites is 1. The molecule has 0 unspecified atom stereocenters. The number of imide groups is 1. The van der Waals surface area contributed by atoms with Crippen LogP contribution in [0.1, 0.15) is 16.1 Å². The van der Waals surface area contributed by atoms with Crippen molar-refractivity contribution in [1.29, 1.82) is 0 Å². The maximum Gasteiger partial charge on any atom is 0.335 e. The van der Waals surface area contributed by atoms with Crippen LogP contribution in [0, 0.1) is 0 Å². The van der Waals surface area contributed by atoms with E-state index in [2.05, 4.69) is 5.32 Å². The fraction of sp³-hybridized carbons (Fsp3) is 0.0435. The number of hydrogen-bond donors (Lipinski definition) is 2. The van der Waals surface area contributed by atoms with Gasteiger partial charge in [0.25, 0.3) is 11.1 Å². The van der Waals surface area contributed by atoms with Gasteiger partial charge in [-0.2, -0.15) is 0 Å². The topological polar surface area (TPSA) is 117 Å². The van der Waals surface area contributed by atoms with Gasteiger partial charge in [-0.3, -0.25) is 19.3 Å². The van der Waals surface area contributed by atoms with E-state index in [1.165, 1.54) is 24.3 Å². The Kier molecular flexibility index (Phi) is 6.78. The van der Waals surface area contributed by atoms with E-state index in [0.717, 1.165) is 4.90 Å². The molecule has 3 aromatic rings. The molecule has 11 heteroatoms. The molecule has 172 valence electrons. The molecule has 0 aliphatic carbocycles. The first-order valence-corrected chi connectivity index (χ1v) is 11.2. The van der Waals surface area contributed by atoms with E-state index in [0.29, 0.717) is 28.0 Å². The highest BCUT2D eigenvalue weighted by molar-refractivity contribution is 8.18. The third-order valence-corrected chi connectivity index (χ3v) is 6.27. The molecule has 0 atom stereocenters. The number of carbonyl (C=O) groups excluding carboxylic acids is 3. The summed E-state index contributed by atoms with van der Waals surface area (Å²) in [5, 5.41) is 11.8. The fourth-order valence-electron chi connectivity index (χ4n) is 3.08. The van der Waals surface area contributed by atoms with Crippen LogP contribution in [0.2, 0.25) is 10.0 Å². The number of carbonyl (C=O) groups is 4. The lowest BCUT2D eigenvalue weighted by atomic mass is 10.1. The maximum atomic E-state index is 12.7. The van der Waals surface area contributed by atoms with E-state index < -0.39 is 29.6 Å². The molecule has 1 saturated heterocycles. The number of benzene rings is 2. The Hall–Kier alpha value is -3.53. The Bertz CT molecular complexity index is 1370. The number of aromatic carboxylic acids is 1. The number of halogens is 2. The average Bonchev–Trinajstić information content (AvgIpc) is 3.36. The SMILES string of the molecule is O=C(CN1C(=O)S/C(=C/c2ccc(-c3cc(C(=O)O)ccc3Cl)o2)C1=O)Nc1ccccc1Cl. The van der Waals surface area contributed by atoms with Crippen LogP contribution >= 0.6 is 35.0 Å². The number of thioether (sulfide) groups is 1. The van der Waals surface area contributed by atoms with Crippen molar-refractivity contribution in [3.8, 4) is 11.3 Å². The number of hydrogen-bond acceptors (Lipinski definition) is 6. The number of anilines is 1. The summed E-state index contributed by atoms with van der Waals surface area (Å²) in [6.07, 6.45) is 1.37. The zero-order valence-electron chi connectivity index (χ0n) is 17.1. The molecule has 1 aromatic heterocycles. The Morgan fingerprint density at radius 3 is 2.56 bits per heavy atom. The largest absolute Gasteiger partial charge is 0.478 e. The summed E-state index contributed by atoms with van der Waals surface area (Å²) in [6, 6.07) is 13.9. The molecular weight excluding hydrogens is 503 g/mol. The molecule has 34 heavy (non-hydrogen) atoms. The molecule has 0 radical (unpaired) electrons. The molecule has 1 aliphatic heterocycles. The second kappa shape index (κ2) is 9.76. The monoisotopic (exact) mass is 516 g/mol. The molecule has 2 N–H and O–H groups in total. The average molecular weight is 517 g/mol. The van der Waals surface area contributed by atoms with Gasteiger partial charge >= 0.3 is 5.97 Å². The Balaban J connectivity index is 1.49. The minimum absolute atomic E-state index is 0.0357. The molecule has 1 aliphatic rings. The van der Waals surface area contributed by atoms with Crippen LogP contribution < -0.4 is 5.32 Å². The molecule has 0 bridgehead atoms. The number of furan rings is 1. The first-order valence-electron chi connectivity index (χ1n) is 9.65. The van der Waals surface area contributed by atoms with Gasteiger partial charge in [0.05, 0.1) is 26.2 Å². The van der Waals surface area contributed by atoms with Crippen molar-refractivity contribution in [2.24, 2.45) is 0 Å². The molecule has 0 saturated carbocycles. The summed E-state index contributed by atoms with van der Waals surface area (Å²) in [4.78, 5) is 49.5.